The Morgan fingerprint density at radius 2 is 1.49 bits per heavy atom. The third-order valence-corrected chi connectivity index (χ3v) is 6.92. The van der Waals surface area contributed by atoms with E-state index in [1.807, 2.05) is 6.07 Å². The largest absolute Gasteiger partial charge is 0.372 e. The van der Waals surface area contributed by atoms with Crippen LogP contribution in [0.2, 0.25) is 0 Å². The van der Waals surface area contributed by atoms with Crippen LogP contribution >= 0.6 is 0 Å². The molecule has 2 N–H and O–H groups in total. The maximum absolute atomic E-state index is 4.34. The fraction of sp³-hybridized carbons (Fsp3) is 0.250. The zero-order valence-electron chi connectivity index (χ0n) is 21.2. The summed E-state index contributed by atoms with van der Waals surface area (Å²) < 4.78 is 0. The summed E-state index contributed by atoms with van der Waals surface area (Å²) >= 11 is 0. The third kappa shape index (κ3) is 5.68. The Kier molecular flexibility index (Phi) is 7.77. The number of nitrogens with one attached hydrogen (secondary N) is 2. The van der Waals surface area contributed by atoms with Gasteiger partial charge < -0.3 is 15.5 Å². The van der Waals surface area contributed by atoms with Gasteiger partial charge in [0.25, 0.3) is 0 Å². The van der Waals surface area contributed by atoms with Crippen LogP contribution in [0.25, 0.3) is 22.5 Å². The molecular weight excluding hydrogens is 426 g/mol. The minimum absolute atomic E-state index is 0.699. The van der Waals surface area contributed by atoms with Gasteiger partial charge in [-0.15, -0.1) is 0 Å². The summed E-state index contributed by atoms with van der Waals surface area (Å²) in [6.45, 7) is 19.4. The Bertz CT molecular complexity index is 1200. The van der Waals surface area contributed by atoms with Crippen LogP contribution in [0.15, 0.2) is 92.3 Å². The molecule has 1 fully saturated rings. The normalized spacial score (nSPS) is 13.3. The van der Waals surface area contributed by atoms with E-state index in [0.29, 0.717) is 5.82 Å². The van der Waals surface area contributed by atoms with Crippen LogP contribution in [0.1, 0.15) is 48.4 Å². The van der Waals surface area contributed by atoms with Crippen molar-refractivity contribution in [2.45, 2.75) is 39.5 Å². The van der Waals surface area contributed by atoms with E-state index in [0.717, 1.165) is 47.7 Å². The summed E-state index contributed by atoms with van der Waals surface area (Å²) in [5.74, 6) is 0.699. The van der Waals surface area contributed by atoms with Crippen molar-refractivity contribution in [2.24, 2.45) is 0 Å². The Hall–Kier alpha value is -3.72. The van der Waals surface area contributed by atoms with Gasteiger partial charge in [0, 0.05) is 30.0 Å². The van der Waals surface area contributed by atoms with Crippen molar-refractivity contribution in [3.05, 3.63) is 115 Å². The van der Waals surface area contributed by atoms with Gasteiger partial charge >= 0.3 is 0 Å². The van der Waals surface area contributed by atoms with E-state index in [1.165, 1.54) is 41.5 Å². The van der Waals surface area contributed by atoms with Gasteiger partial charge in [-0.1, -0.05) is 93.4 Å². The van der Waals surface area contributed by atoms with Crippen LogP contribution < -0.4 is 10.6 Å². The van der Waals surface area contributed by atoms with E-state index in [4.69, 9.17) is 0 Å². The molecule has 3 aromatic rings. The van der Waals surface area contributed by atoms with Crippen molar-refractivity contribution in [3.63, 3.8) is 0 Å². The number of rotatable bonds is 9. The Morgan fingerprint density at radius 3 is 2.14 bits per heavy atom. The highest BCUT2D eigenvalue weighted by Crippen LogP contribution is 2.34. The monoisotopic (exact) mass is 463 g/mol. The molecule has 1 aliphatic heterocycles. The molecule has 0 aliphatic carbocycles. The number of piperidine rings is 1. The lowest BCUT2D eigenvalue weighted by Crippen LogP contribution is -2.27. The standard InChI is InChI=1S/C32H37N3/c1-6-27-19-20-31(30-13-9-7-10-14-30)32(23(27)2)34-26(5)33-24(3)28-15-17-29(18-16-28)25(4)35-21-11-8-12-22-35/h7,9-10,13-20,33-34H,3-6,8,11-12,21-22H2,1-2H3. The summed E-state index contributed by atoms with van der Waals surface area (Å²) in [4.78, 5) is 2.40. The number of anilines is 1. The van der Waals surface area contributed by atoms with Crippen LogP contribution in [0.5, 0.6) is 0 Å². The molecule has 0 saturated carbocycles. The van der Waals surface area contributed by atoms with Crippen LogP contribution in [-0.2, 0) is 6.42 Å². The molecule has 35 heavy (non-hydrogen) atoms. The van der Waals surface area contributed by atoms with Gasteiger partial charge in [0.15, 0.2) is 0 Å². The van der Waals surface area contributed by atoms with Crippen LogP contribution in [0.4, 0.5) is 5.69 Å². The topological polar surface area (TPSA) is 27.3 Å². The van der Waals surface area contributed by atoms with E-state index < -0.39 is 0 Å². The van der Waals surface area contributed by atoms with Crippen LogP contribution in [0, 0.1) is 6.92 Å². The summed E-state index contributed by atoms with van der Waals surface area (Å²) in [5, 5.41) is 6.91. The molecule has 0 radical (unpaired) electrons. The zero-order chi connectivity index (χ0) is 24.8. The number of hydrogen-bond acceptors (Lipinski definition) is 3. The molecule has 0 aromatic heterocycles. The molecule has 0 atom stereocenters. The highest BCUT2D eigenvalue weighted by molar-refractivity contribution is 5.82. The summed E-state index contributed by atoms with van der Waals surface area (Å²) in [7, 11) is 0. The minimum Gasteiger partial charge on any atom is -0.372 e. The molecule has 1 heterocycles. The fourth-order valence-electron chi connectivity index (χ4n) is 4.80. The summed E-state index contributed by atoms with van der Waals surface area (Å²) in [6.07, 6.45) is 4.80. The quantitative estimate of drug-likeness (QED) is 0.339. The molecule has 1 saturated heterocycles. The maximum atomic E-state index is 4.34. The molecule has 0 spiro atoms. The molecule has 0 bridgehead atoms. The molecule has 3 heteroatoms. The SMILES string of the molecule is C=C(NC(=C)c1ccc(C(=C)N2CCCCC2)cc1)Nc1c(-c2ccccc2)ccc(CC)c1C. The Balaban J connectivity index is 1.47. The van der Waals surface area contributed by atoms with Crippen molar-refractivity contribution in [1.82, 2.24) is 10.2 Å². The first-order valence-electron chi connectivity index (χ1n) is 12.6. The van der Waals surface area contributed by atoms with Gasteiger partial charge in [0.2, 0.25) is 0 Å². The highest BCUT2D eigenvalue weighted by Gasteiger charge is 2.14. The van der Waals surface area contributed by atoms with E-state index in [2.05, 4.69) is 110 Å². The van der Waals surface area contributed by atoms with Crippen molar-refractivity contribution in [2.75, 3.05) is 18.4 Å². The second kappa shape index (κ2) is 11.1. The first kappa shape index (κ1) is 24.4. The lowest BCUT2D eigenvalue weighted by atomic mass is 9.95. The highest BCUT2D eigenvalue weighted by atomic mass is 15.1. The first-order valence-corrected chi connectivity index (χ1v) is 12.6. The Morgan fingerprint density at radius 1 is 0.829 bits per heavy atom. The smallest absolute Gasteiger partial charge is 0.100 e. The van der Waals surface area contributed by atoms with Crippen molar-refractivity contribution >= 4 is 17.1 Å². The van der Waals surface area contributed by atoms with Gasteiger partial charge in [0.1, 0.15) is 5.82 Å². The lowest BCUT2D eigenvalue weighted by molar-refractivity contribution is 0.326. The molecule has 180 valence electrons. The van der Waals surface area contributed by atoms with E-state index in [-0.39, 0.29) is 0 Å². The molecular formula is C32H37N3. The number of hydrogen-bond donors (Lipinski definition) is 2. The zero-order valence-corrected chi connectivity index (χ0v) is 21.2. The van der Waals surface area contributed by atoms with Crippen LogP contribution in [0.3, 0.4) is 0 Å². The predicted molar refractivity (Wildman–Crippen MR) is 152 cm³/mol. The predicted octanol–water partition coefficient (Wildman–Crippen LogP) is 7.82. The van der Waals surface area contributed by atoms with E-state index >= 15 is 0 Å². The molecule has 0 amide bonds. The van der Waals surface area contributed by atoms with Gasteiger partial charge in [0.05, 0.1) is 5.69 Å². The van der Waals surface area contributed by atoms with Crippen LogP contribution in [-0.4, -0.2) is 18.0 Å². The van der Waals surface area contributed by atoms with Gasteiger partial charge in [-0.2, -0.15) is 0 Å². The second-order valence-corrected chi connectivity index (χ2v) is 9.27. The summed E-state index contributed by atoms with van der Waals surface area (Å²) in [5.41, 5.74) is 10.1. The average molecular weight is 464 g/mol. The maximum Gasteiger partial charge on any atom is 0.100 e. The molecule has 1 aliphatic rings. The second-order valence-electron chi connectivity index (χ2n) is 9.27. The molecule has 3 aromatic carbocycles. The molecule has 3 nitrogen and oxygen atoms in total. The first-order chi connectivity index (χ1) is 17.0. The lowest BCUT2D eigenvalue weighted by Gasteiger charge is -2.30. The van der Waals surface area contributed by atoms with Crippen molar-refractivity contribution < 1.29 is 0 Å². The summed E-state index contributed by atoms with van der Waals surface area (Å²) in [6, 6.07) is 23.4. The molecule has 0 unspecified atom stereocenters. The average Bonchev–Trinajstić information content (AvgIpc) is 2.90. The number of likely N-dealkylation sites (tertiary alicyclic amines) is 1. The van der Waals surface area contributed by atoms with Gasteiger partial charge in [-0.05, 0) is 60.4 Å². The van der Waals surface area contributed by atoms with Crippen molar-refractivity contribution in [1.29, 1.82) is 0 Å². The number of benzene rings is 3. The number of aryl methyl sites for hydroxylation is 1. The van der Waals surface area contributed by atoms with E-state index in [9.17, 15) is 0 Å². The third-order valence-electron chi connectivity index (χ3n) is 6.92. The van der Waals surface area contributed by atoms with Gasteiger partial charge in [-0.25, -0.2) is 0 Å². The number of nitrogens with zero attached hydrogens (tertiary/aromatic N) is 1. The van der Waals surface area contributed by atoms with E-state index in [1.54, 1.807) is 0 Å². The van der Waals surface area contributed by atoms with Gasteiger partial charge in [-0.3, -0.25) is 0 Å². The minimum atomic E-state index is 0.699. The Labute approximate surface area is 210 Å². The molecule has 4 rings (SSSR count). The van der Waals surface area contributed by atoms with Crippen molar-refractivity contribution in [3.8, 4) is 11.1 Å². The fourth-order valence-corrected chi connectivity index (χ4v) is 4.80.